The van der Waals surface area contributed by atoms with E-state index in [2.05, 4.69) is 0 Å². The van der Waals surface area contributed by atoms with E-state index in [4.69, 9.17) is 27.4 Å². The molecule has 0 aromatic heterocycles. The lowest BCUT2D eigenvalue weighted by Crippen LogP contribution is -2.10. The Bertz CT molecular complexity index is 1320. The van der Waals surface area contributed by atoms with Gasteiger partial charge in [-0.1, -0.05) is 41.4 Å². The highest BCUT2D eigenvalue weighted by Crippen LogP contribution is 2.36. The molecular weight excluding hydrogens is 463 g/mol. The van der Waals surface area contributed by atoms with Crippen molar-refractivity contribution in [2.45, 2.75) is 4.90 Å². The molecule has 0 fully saturated rings. The summed E-state index contributed by atoms with van der Waals surface area (Å²) < 4.78 is 30.6. The second kappa shape index (κ2) is 9.18. The topological polar surface area (TPSA) is 110 Å². The van der Waals surface area contributed by atoms with Crippen molar-refractivity contribution in [2.24, 2.45) is 0 Å². The van der Waals surface area contributed by atoms with Crippen LogP contribution in [0, 0.1) is 21.4 Å². The van der Waals surface area contributed by atoms with Crippen LogP contribution in [-0.2, 0) is 10.1 Å². The maximum Gasteiger partial charge on any atom is 0.339 e. The minimum absolute atomic E-state index is 0.0701. The first-order valence-electron chi connectivity index (χ1n) is 8.56. The summed E-state index contributed by atoms with van der Waals surface area (Å²) in [5.74, 6) is -0.204. The molecule has 0 heterocycles. The third kappa shape index (κ3) is 5.22. The largest absolute Gasteiger partial charge is 0.377 e. The molecule has 10 heteroatoms. The molecule has 0 N–H and O–H groups in total. The van der Waals surface area contributed by atoms with Gasteiger partial charge >= 0.3 is 10.1 Å². The van der Waals surface area contributed by atoms with Crippen molar-refractivity contribution in [1.82, 2.24) is 0 Å². The predicted octanol–water partition coefficient (Wildman–Crippen LogP) is 5.73. The van der Waals surface area contributed by atoms with Crippen LogP contribution in [0.4, 0.5) is 5.69 Å². The van der Waals surface area contributed by atoms with Crippen molar-refractivity contribution in [2.75, 3.05) is 0 Å². The number of halogens is 2. The Morgan fingerprint density at radius 3 is 2.29 bits per heavy atom. The van der Waals surface area contributed by atoms with Crippen molar-refractivity contribution < 1.29 is 17.5 Å². The fourth-order valence-electron chi connectivity index (χ4n) is 2.62. The van der Waals surface area contributed by atoms with Gasteiger partial charge in [-0.2, -0.15) is 13.7 Å². The molecule has 0 saturated carbocycles. The molecule has 31 heavy (non-hydrogen) atoms. The number of nitrogens with zero attached hydrogens (tertiary/aromatic N) is 2. The molecule has 3 aromatic carbocycles. The normalized spacial score (nSPS) is 11.6. The zero-order chi connectivity index (χ0) is 22.6. The van der Waals surface area contributed by atoms with Crippen molar-refractivity contribution >= 4 is 50.7 Å². The molecule has 0 radical (unpaired) electrons. The van der Waals surface area contributed by atoms with Crippen LogP contribution in [0.15, 0.2) is 71.6 Å². The lowest BCUT2D eigenvalue weighted by Gasteiger charge is -2.12. The Labute approximate surface area is 188 Å². The van der Waals surface area contributed by atoms with E-state index in [1.165, 1.54) is 54.6 Å². The fourth-order valence-corrected chi connectivity index (χ4v) is 4.20. The maximum absolute atomic E-state index is 12.7. The molecule has 0 aliphatic heterocycles. The van der Waals surface area contributed by atoms with Crippen molar-refractivity contribution in [3.05, 3.63) is 98.0 Å². The Hall–Kier alpha value is -3.38. The number of hydrogen-bond donors (Lipinski definition) is 0. The van der Waals surface area contributed by atoms with E-state index in [-0.39, 0.29) is 37.5 Å². The zero-order valence-corrected chi connectivity index (χ0v) is 17.9. The van der Waals surface area contributed by atoms with Gasteiger partial charge in [-0.3, -0.25) is 10.1 Å². The van der Waals surface area contributed by atoms with Crippen LogP contribution < -0.4 is 4.18 Å². The van der Waals surface area contributed by atoms with Gasteiger partial charge in [0.1, 0.15) is 4.90 Å². The molecule has 0 unspecified atom stereocenters. The smallest absolute Gasteiger partial charge is 0.339 e. The van der Waals surface area contributed by atoms with Gasteiger partial charge in [0.25, 0.3) is 5.69 Å². The highest BCUT2D eigenvalue weighted by molar-refractivity contribution is 7.87. The number of benzene rings is 3. The van der Waals surface area contributed by atoms with Crippen LogP contribution in [-0.4, -0.2) is 13.3 Å². The Morgan fingerprint density at radius 1 is 1.06 bits per heavy atom. The Kier molecular flexibility index (Phi) is 6.61. The fraction of sp³-hybridized carbons (Fsp3) is 0. The Balaban J connectivity index is 2.08. The monoisotopic (exact) mass is 474 g/mol. The van der Waals surface area contributed by atoms with E-state index in [9.17, 15) is 23.8 Å². The molecular formula is C21H12Cl2N2O5S. The van der Waals surface area contributed by atoms with Gasteiger partial charge in [-0.15, -0.1) is 0 Å². The van der Waals surface area contributed by atoms with Crippen LogP contribution in [0.2, 0.25) is 10.0 Å². The first-order valence-corrected chi connectivity index (χ1v) is 10.7. The molecule has 0 atom stereocenters. The molecule has 3 rings (SSSR count). The minimum atomic E-state index is -4.21. The summed E-state index contributed by atoms with van der Waals surface area (Å²) in [5, 5.41) is 20.5. The summed E-state index contributed by atoms with van der Waals surface area (Å²) in [5.41, 5.74) is 0.480. The molecule has 156 valence electrons. The predicted molar refractivity (Wildman–Crippen MR) is 117 cm³/mol. The van der Waals surface area contributed by atoms with Crippen LogP contribution in [0.3, 0.4) is 0 Å². The highest BCUT2D eigenvalue weighted by atomic mass is 35.5. The molecule has 0 saturated heterocycles. The summed E-state index contributed by atoms with van der Waals surface area (Å²) in [6, 6.07) is 17.5. The average Bonchev–Trinajstić information content (AvgIpc) is 2.75. The van der Waals surface area contributed by atoms with E-state index in [1.807, 2.05) is 6.07 Å². The molecule has 7 nitrogen and oxygen atoms in total. The van der Waals surface area contributed by atoms with Crippen LogP contribution in [0.5, 0.6) is 5.75 Å². The average molecular weight is 475 g/mol. The lowest BCUT2D eigenvalue weighted by molar-refractivity contribution is -0.384. The van der Waals surface area contributed by atoms with Crippen LogP contribution >= 0.6 is 23.2 Å². The first-order chi connectivity index (χ1) is 14.7. The third-order valence-corrected chi connectivity index (χ3v) is 5.81. The number of nitro groups is 1. The second-order valence-corrected chi connectivity index (χ2v) is 8.52. The van der Waals surface area contributed by atoms with Gasteiger partial charge in [0.2, 0.25) is 0 Å². The van der Waals surface area contributed by atoms with Crippen molar-refractivity contribution in [1.29, 1.82) is 5.26 Å². The van der Waals surface area contributed by atoms with Crippen LogP contribution in [0.25, 0.3) is 11.6 Å². The standard InChI is InChI=1S/C21H12Cl2N2O5S/c22-17-11-15(10-16(13-24)14-6-8-18(9-7-14)25(26)27)21(20(23)12-17)30-31(28,29)19-4-2-1-3-5-19/h1-12H/b16-10+. The summed E-state index contributed by atoms with van der Waals surface area (Å²) in [6.45, 7) is 0. The molecule has 0 aliphatic carbocycles. The molecule has 0 spiro atoms. The van der Waals surface area contributed by atoms with Gasteiger partial charge in [0.15, 0.2) is 5.75 Å². The SMILES string of the molecule is N#C/C(=C\c1cc(Cl)cc(Cl)c1OS(=O)(=O)c1ccccc1)c1ccc([N+](=O)[O-])cc1. The van der Waals surface area contributed by atoms with E-state index < -0.39 is 15.0 Å². The number of hydrogen-bond acceptors (Lipinski definition) is 6. The molecule has 3 aromatic rings. The molecule has 0 amide bonds. The number of non-ortho nitro benzene ring substituents is 1. The number of rotatable bonds is 6. The van der Waals surface area contributed by atoms with Crippen LogP contribution in [0.1, 0.15) is 11.1 Å². The minimum Gasteiger partial charge on any atom is -0.377 e. The zero-order valence-electron chi connectivity index (χ0n) is 15.5. The van der Waals surface area contributed by atoms with Gasteiger partial charge in [0, 0.05) is 22.7 Å². The first kappa shape index (κ1) is 22.3. The lowest BCUT2D eigenvalue weighted by atomic mass is 10.0. The van der Waals surface area contributed by atoms with Gasteiger partial charge in [-0.05, 0) is 48.0 Å². The molecule has 0 aliphatic rings. The second-order valence-electron chi connectivity index (χ2n) is 6.13. The number of allylic oxidation sites excluding steroid dienone is 1. The summed E-state index contributed by atoms with van der Waals surface area (Å²) in [4.78, 5) is 10.2. The van der Waals surface area contributed by atoms with E-state index >= 15 is 0 Å². The summed E-state index contributed by atoms with van der Waals surface area (Å²) >= 11 is 12.3. The van der Waals surface area contributed by atoms with Gasteiger partial charge in [-0.25, -0.2) is 0 Å². The molecule has 0 bridgehead atoms. The number of nitriles is 1. The van der Waals surface area contributed by atoms with E-state index in [0.717, 1.165) is 0 Å². The van der Waals surface area contributed by atoms with E-state index in [0.29, 0.717) is 5.56 Å². The third-order valence-electron chi connectivity index (χ3n) is 4.07. The summed E-state index contributed by atoms with van der Waals surface area (Å²) in [6.07, 6.45) is 1.34. The quantitative estimate of drug-likeness (QED) is 0.148. The Morgan fingerprint density at radius 2 is 1.71 bits per heavy atom. The van der Waals surface area contributed by atoms with Crippen molar-refractivity contribution in [3.8, 4) is 11.8 Å². The van der Waals surface area contributed by atoms with Crippen molar-refractivity contribution in [3.63, 3.8) is 0 Å². The maximum atomic E-state index is 12.7. The summed E-state index contributed by atoms with van der Waals surface area (Å²) in [7, 11) is -4.21. The highest BCUT2D eigenvalue weighted by Gasteiger charge is 2.21. The van der Waals surface area contributed by atoms with Gasteiger partial charge in [0.05, 0.1) is 21.6 Å². The number of nitro benzene ring substituents is 1. The van der Waals surface area contributed by atoms with E-state index in [1.54, 1.807) is 18.2 Å². The van der Waals surface area contributed by atoms with Gasteiger partial charge < -0.3 is 4.18 Å².